The summed E-state index contributed by atoms with van der Waals surface area (Å²) >= 11 is 6.01. The molecular formula is C29H36ClN3O4. The van der Waals surface area contributed by atoms with Crippen molar-refractivity contribution in [2.24, 2.45) is 17.8 Å². The van der Waals surface area contributed by atoms with Gasteiger partial charge in [-0.25, -0.2) is 0 Å². The molecule has 0 aromatic heterocycles. The molecule has 198 valence electrons. The maximum Gasteiger partial charge on any atom is 0.246 e. The zero-order chi connectivity index (χ0) is 25.7. The van der Waals surface area contributed by atoms with Crippen LogP contribution in [0, 0.1) is 17.8 Å². The second-order valence-corrected chi connectivity index (χ2v) is 12.1. The van der Waals surface area contributed by atoms with Gasteiger partial charge in [0.1, 0.15) is 11.6 Å². The number of halogens is 1. The number of ether oxygens (including phenoxy) is 1. The van der Waals surface area contributed by atoms with Gasteiger partial charge in [0.25, 0.3) is 0 Å². The third-order valence-corrected chi connectivity index (χ3v) is 9.60. The summed E-state index contributed by atoms with van der Waals surface area (Å²) in [5.74, 6) is -1.63. The van der Waals surface area contributed by atoms with Crippen molar-refractivity contribution in [2.45, 2.75) is 94.5 Å². The molecule has 1 aromatic carbocycles. The third-order valence-electron chi connectivity index (χ3n) is 9.35. The molecule has 3 amide bonds. The van der Waals surface area contributed by atoms with Crippen LogP contribution in [0.2, 0.25) is 5.02 Å². The van der Waals surface area contributed by atoms with E-state index in [1.54, 1.807) is 24.3 Å². The van der Waals surface area contributed by atoms with Crippen LogP contribution in [0.1, 0.15) is 64.7 Å². The first-order valence-electron chi connectivity index (χ1n) is 14.0. The summed E-state index contributed by atoms with van der Waals surface area (Å²) in [6, 6.07) is 6.26. The van der Waals surface area contributed by atoms with Gasteiger partial charge < -0.3 is 20.3 Å². The number of carbonyl (C=O) groups excluding carboxylic acids is 3. The van der Waals surface area contributed by atoms with Gasteiger partial charge in [0, 0.05) is 22.8 Å². The summed E-state index contributed by atoms with van der Waals surface area (Å²) in [5, 5.41) is 6.82. The van der Waals surface area contributed by atoms with Crippen molar-refractivity contribution in [1.29, 1.82) is 0 Å². The highest BCUT2D eigenvalue weighted by Crippen LogP contribution is 2.56. The first-order chi connectivity index (χ1) is 17.9. The van der Waals surface area contributed by atoms with Crippen LogP contribution in [0.15, 0.2) is 36.4 Å². The minimum absolute atomic E-state index is 0.0284. The fourth-order valence-electron chi connectivity index (χ4n) is 7.56. The second-order valence-electron chi connectivity index (χ2n) is 11.6. The van der Waals surface area contributed by atoms with Crippen LogP contribution in [-0.2, 0) is 19.1 Å². The summed E-state index contributed by atoms with van der Waals surface area (Å²) < 4.78 is 6.51. The van der Waals surface area contributed by atoms with Crippen molar-refractivity contribution in [3.63, 3.8) is 0 Å². The molecule has 2 bridgehead atoms. The van der Waals surface area contributed by atoms with Gasteiger partial charge in [-0.05, 0) is 55.9 Å². The Hall–Kier alpha value is -2.38. The highest BCUT2D eigenvalue weighted by atomic mass is 35.5. The largest absolute Gasteiger partial charge is 0.359 e. The number of rotatable bonds is 5. The van der Waals surface area contributed by atoms with Crippen LogP contribution in [0.5, 0.6) is 0 Å². The molecule has 37 heavy (non-hydrogen) atoms. The lowest BCUT2D eigenvalue weighted by Gasteiger charge is -2.42. The molecule has 2 saturated heterocycles. The summed E-state index contributed by atoms with van der Waals surface area (Å²) in [6.45, 7) is 2.18. The number of benzene rings is 1. The Bertz CT molecular complexity index is 1100. The Balaban J connectivity index is 1.33. The fraction of sp³-hybridized carbons (Fsp3) is 0.621. The summed E-state index contributed by atoms with van der Waals surface area (Å²) in [6.07, 6.45) is 12.7. The van der Waals surface area contributed by atoms with Crippen LogP contribution in [0.3, 0.4) is 0 Å². The number of fused-ring (bicyclic) bond motifs is 1. The van der Waals surface area contributed by atoms with Crippen molar-refractivity contribution < 1.29 is 19.1 Å². The summed E-state index contributed by atoms with van der Waals surface area (Å²) in [7, 11) is 0. The first-order valence-corrected chi connectivity index (χ1v) is 14.3. The van der Waals surface area contributed by atoms with E-state index >= 15 is 0 Å². The average molecular weight is 526 g/mol. The van der Waals surface area contributed by atoms with Gasteiger partial charge >= 0.3 is 0 Å². The smallest absolute Gasteiger partial charge is 0.246 e. The molecular weight excluding hydrogens is 490 g/mol. The maximum absolute atomic E-state index is 14.3. The van der Waals surface area contributed by atoms with Gasteiger partial charge in [0.05, 0.1) is 17.9 Å². The lowest BCUT2D eigenvalue weighted by Crippen LogP contribution is -2.59. The SMILES string of the molecule is C[C@@H]1CCCC[C@@H]1N1C(=O)[C@H]2[C@@H](C(=O)Nc3ccc(Cl)cc3)[C@H]3C=C[C@@]2(O3)[C@@H]1C(=O)NC1CCCCC1. The van der Waals surface area contributed by atoms with Crippen molar-refractivity contribution in [2.75, 3.05) is 5.32 Å². The quantitative estimate of drug-likeness (QED) is 0.556. The molecule has 3 heterocycles. The minimum Gasteiger partial charge on any atom is -0.359 e. The van der Waals surface area contributed by atoms with Crippen LogP contribution in [0.4, 0.5) is 5.69 Å². The molecule has 6 rings (SSSR count). The van der Waals surface area contributed by atoms with Gasteiger partial charge in [-0.15, -0.1) is 0 Å². The summed E-state index contributed by atoms with van der Waals surface area (Å²) in [5.41, 5.74) is -0.496. The summed E-state index contributed by atoms with van der Waals surface area (Å²) in [4.78, 5) is 43.7. The Kier molecular flexibility index (Phi) is 6.56. The monoisotopic (exact) mass is 525 g/mol. The van der Waals surface area contributed by atoms with E-state index in [1.807, 2.05) is 17.1 Å². The van der Waals surface area contributed by atoms with Crippen LogP contribution in [-0.4, -0.2) is 52.5 Å². The van der Waals surface area contributed by atoms with Crippen molar-refractivity contribution in [1.82, 2.24) is 10.2 Å². The topological polar surface area (TPSA) is 87.7 Å². The van der Waals surface area contributed by atoms with E-state index in [9.17, 15) is 14.4 Å². The van der Waals surface area contributed by atoms with Gasteiger partial charge in [0.15, 0.2) is 0 Å². The number of carbonyl (C=O) groups is 3. The Morgan fingerprint density at radius 1 is 1.00 bits per heavy atom. The van der Waals surface area contributed by atoms with Gasteiger partial charge in [-0.2, -0.15) is 0 Å². The molecule has 2 N–H and O–H groups in total. The maximum atomic E-state index is 14.3. The molecule has 7 nitrogen and oxygen atoms in total. The highest BCUT2D eigenvalue weighted by Gasteiger charge is 2.73. The van der Waals surface area contributed by atoms with Crippen molar-refractivity contribution >= 4 is 35.0 Å². The standard InChI is InChI=1S/C29H36ClN3O4/c1-17-7-5-6-10-21(17)33-25(27(35)32-19-8-3-2-4-9-19)29-16-15-22(37-29)23(24(29)28(33)36)26(34)31-20-13-11-18(30)12-14-20/h11-17,19,21-25H,2-10H2,1H3,(H,31,34)(H,32,35)/t17-,21+,22-,23+,24-,25+,29+/m1/s1. The minimum atomic E-state index is -1.11. The van der Waals surface area contributed by atoms with E-state index in [0.29, 0.717) is 16.6 Å². The second kappa shape index (κ2) is 9.73. The molecule has 7 atom stereocenters. The zero-order valence-electron chi connectivity index (χ0n) is 21.3. The first kappa shape index (κ1) is 24.9. The number of likely N-dealkylation sites (tertiary alicyclic amines) is 1. The Morgan fingerprint density at radius 3 is 2.43 bits per heavy atom. The number of hydrogen-bond donors (Lipinski definition) is 2. The lowest BCUT2D eigenvalue weighted by molar-refractivity contribution is -0.146. The van der Waals surface area contributed by atoms with Gasteiger partial charge in [-0.1, -0.05) is 62.8 Å². The zero-order valence-corrected chi connectivity index (χ0v) is 22.1. The van der Waals surface area contributed by atoms with E-state index in [1.165, 1.54) is 6.42 Å². The number of anilines is 1. The highest BCUT2D eigenvalue weighted by molar-refractivity contribution is 6.30. The predicted molar refractivity (Wildman–Crippen MR) is 141 cm³/mol. The molecule has 4 fully saturated rings. The Morgan fingerprint density at radius 2 is 1.70 bits per heavy atom. The van der Waals surface area contributed by atoms with Crippen molar-refractivity contribution in [3.05, 3.63) is 41.4 Å². The van der Waals surface area contributed by atoms with Crippen LogP contribution in [0.25, 0.3) is 0 Å². The molecule has 3 aliphatic heterocycles. The number of nitrogens with zero attached hydrogens (tertiary/aromatic N) is 1. The van der Waals surface area contributed by atoms with Crippen LogP contribution < -0.4 is 10.6 Å². The predicted octanol–water partition coefficient (Wildman–Crippen LogP) is 4.46. The molecule has 0 unspecified atom stereocenters. The third kappa shape index (κ3) is 4.19. The number of hydrogen-bond acceptors (Lipinski definition) is 4. The van der Waals surface area contributed by atoms with Gasteiger partial charge in [0.2, 0.25) is 17.7 Å². The van der Waals surface area contributed by atoms with Crippen LogP contribution >= 0.6 is 11.6 Å². The number of nitrogens with one attached hydrogen (secondary N) is 2. The molecule has 2 saturated carbocycles. The normalized spacial score (nSPS) is 37.0. The lowest BCUT2D eigenvalue weighted by atomic mass is 9.74. The average Bonchev–Trinajstić information content (AvgIpc) is 3.54. The van der Waals surface area contributed by atoms with E-state index in [0.717, 1.165) is 51.4 Å². The van der Waals surface area contributed by atoms with E-state index in [4.69, 9.17) is 16.3 Å². The molecule has 2 aliphatic carbocycles. The molecule has 0 radical (unpaired) electrons. The molecule has 5 aliphatic rings. The fourth-order valence-corrected chi connectivity index (χ4v) is 7.69. The van der Waals surface area contributed by atoms with E-state index in [-0.39, 0.29) is 29.8 Å². The van der Waals surface area contributed by atoms with Crippen molar-refractivity contribution in [3.8, 4) is 0 Å². The van der Waals surface area contributed by atoms with Gasteiger partial charge in [-0.3, -0.25) is 14.4 Å². The molecule has 8 heteroatoms. The van der Waals surface area contributed by atoms with E-state index < -0.39 is 29.6 Å². The Labute approximate surface area is 223 Å². The molecule has 1 spiro atoms. The van der Waals surface area contributed by atoms with E-state index in [2.05, 4.69) is 17.6 Å². The number of amides is 3. The molecule has 1 aromatic rings.